The third-order valence-electron chi connectivity index (χ3n) is 6.25. The molecule has 0 saturated heterocycles. The second-order valence-corrected chi connectivity index (χ2v) is 11.0. The monoisotopic (exact) mass is 476 g/mol. The van der Waals surface area contributed by atoms with Crippen molar-refractivity contribution in [3.63, 3.8) is 0 Å². The third kappa shape index (κ3) is 6.80. The third-order valence-corrected chi connectivity index (χ3v) is 7.45. The number of sulfone groups is 1. The smallest absolute Gasteiger partial charge is 0.404 e. The van der Waals surface area contributed by atoms with Crippen molar-refractivity contribution in [2.45, 2.75) is 69.2 Å². The Bertz CT molecular complexity index is 1110. The van der Waals surface area contributed by atoms with E-state index in [9.17, 15) is 18.0 Å². The number of carboxylic acid groups (broad SMARTS) is 1. The molecule has 1 heterocycles. The van der Waals surface area contributed by atoms with E-state index in [0.717, 1.165) is 49.6 Å². The molecule has 1 aromatic heterocycles. The first-order valence-corrected chi connectivity index (χ1v) is 13.1. The van der Waals surface area contributed by atoms with Gasteiger partial charge in [-0.1, -0.05) is 24.6 Å². The molecule has 0 aliphatic heterocycles. The van der Waals surface area contributed by atoms with Gasteiger partial charge in [-0.3, -0.25) is 9.89 Å². The van der Waals surface area contributed by atoms with Gasteiger partial charge in [-0.2, -0.15) is 5.10 Å². The van der Waals surface area contributed by atoms with Crippen LogP contribution < -0.4 is 10.6 Å². The normalized spacial score (nSPS) is 19.2. The molecule has 1 aromatic carbocycles. The number of carbonyl (C=O) groups is 2. The van der Waals surface area contributed by atoms with Crippen LogP contribution in [-0.4, -0.2) is 48.0 Å². The molecular formula is C23H32N4O5S. The Balaban J connectivity index is 1.59. The van der Waals surface area contributed by atoms with Crippen LogP contribution in [0.25, 0.3) is 0 Å². The summed E-state index contributed by atoms with van der Waals surface area (Å²) in [6, 6.07) is 6.75. The quantitative estimate of drug-likeness (QED) is 0.435. The number of aryl methyl sites for hydroxylation is 1. The molecule has 1 aliphatic carbocycles. The Morgan fingerprint density at radius 2 is 2.03 bits per heavy atom. The Hall–Kier alpha value is -2.88. The lowest BCUT2D eigenvalue weighted by Gasteiger charge is -2.19. The maximum atomic E-state index is 12.6. The minimum atomic E-state index is -3.44. The van der Waals surface area contributed by atoms with Gasteiger partial charge in [-0.05, 0) is 56.6 Å². The molecule has 1 aliphatic rings. The van der Waals surface area contributed by atoms with Crippen LogP contribution in [0, 0.1) is 12.8 Å². The summed E-state index contributed by atoms with van der Waals surface area (Å²) in [7, 11) is -3.44. The lowest BCUT2D eigenvalue weighted by atomic mass is 9.95. The summed E-state index contributed by atoms with van der Waals surface area (Å²) in [6.45, 7) is 3.83. The van der Waals surface area contributed by atoms with Gasteiger partial charge in [0.25, 0.3) is 0 Å². The summed E-state index contributed by atoms with van der Waals surface area (Å²) in [5.74, 6) is 0.789. The summed E-state index contributed by atoms with van der Waals surface area (Å²) in [4.78, 5) is 23.7. The van der Waals surface area contributed by atoms with Crippen LogP contribution in [0.15, 0.2) is 29.2 Å². The van der Waals surface area contributed by atoms with Gasteiger partial charge in [0.1, 0.15) is 0 Å². The Morgan fingerprint density at radius 3 is 2.70 bits per heavy atom. The van der Waals surface area contributed by atoms with Crippen LogP contribution >= 0.6 is 0 Å². The largest absolute Gasteiger partial charge is 0.465 e. The topological polar surface area (TPSA) is 141 Å². The van der Waals surface area contributed by atoms with Crippen LogP contribution in [0.1, 0.15) is 61.8 Å². The van der Waals surface area contributed by atoms with E-state index in [4.69, 9.17) is 5.11 Å². The van der Waals surface area contributed by atoms with Gasteiger partial charge in [-0.25, -0.2) is 13.2 Å². The molecule has 2 amide bonds. The predicted molar refractivity (Wildman–Crippen MR) is 125 cm³/mol. The highest BCUT2D eigenvalue weighted by molar-refractivity contribution is 7.90. The molecule has 1 saturated carbocycles. The van der Waals surface area contributed by atoms with Crippen molar-refractivity contribution in [2.24, 2.45) is 5.92 Å². The van der Waals surface area contributed by atoms with Crippen molar-refractivity contribution in [1.29, 1.82) is 0 Å². The van der Waals surface area contributed by atoms with E-state index >= 15 is 0 Å². The van der Waals surface area contributed by atoms with E-state index in [1.807, 2.05) is 19.9 Å². The zero-order valence-corrected chi connectivity index (χ0v) is 20.0. The molecule has 10 heteroatoms. The van der Waals surface area contributed by atoms with Crippen molar-refractivity contribution in [3.8, 4) is 0 Å². The molecule has 0 bridgehead atoms. The Labute approximate surface area is 194 Å². The summed E-state index contributed by atoms with van der Waals surface area (Å²) in [5, 5.41) is 21.5. The number of aromatic nitrogens is 2. The van der Waals surface area contributed by atoms with Crippen LogP contribution in [0.2, 0.25) is 0 Å². The van der Waals surface area contributed by atoms with Crippen LogP contribution in [0.3, 0.4) is 0 Å². The number of anilines is 1. The molecule has 3 rings (SSSR count). The van der Waals surface area contributed by atoms with E-state index in [2.05, 4.69) is 20.8 Å². The Kier molecular flexibility index (Phi) is 7.78. The molecule has 1 fully saturated rings. The lowest BCUT2D eigenvalue weighted by molar-refractivity contribution is -0.115. The molecule has 33 heavy (non-hydrogen) atoms. The van der Waals surface area contributed by atoms with Gasteiger partial charge in [0.2, 0.25) is 5.91 Å². The number of hydrogen-bond acceptors (Lipinski definition) is 5. The fraction of sp³-hybridized carbons (Fsp3) is 0.522. The van der Waals surface area contributed by atoms with Crippen LogP contribution in [-0.2, 0) is 21.1 Å². The number of aromatic amines is 1. The highest BCUT2D eigenvalue weighted by atomic mass is 32.2. The minimum absolute atomic E-state index is 0.0404. The first-order chi connectivity index (χ1) is 15.5. The minimum Gasteiger partial charge on any atom is -0.465 e. The molecule has 3 unspecified atom stereocenters. The SMILES string of the molecule is CCC(CC1CCC(c2cc(NC(=O)Cc3cc(C)ccc3S(C)(=O)=O)n[nH]2)C1)NC(=O)O. The predicted octanol–water partition coefficient (Wildman–Crippen LogP) is 3.62. The molecular weight excluding hydrogens is 444 g/mol. The number of rotatable bonds is 9. The summed E-state index contributed by atoms with van der Waals surface area (Å²) in [6.07, 6.45) is 4.59. The van der Waals surface area contributed by atoms with E-state index in [-0.39, 0.29) is 29.2 Å². The average molecular weight is 477 g/mol. The van der Waals surface area contributed by atoms with Crippen LogP contribution in [0.5, 0.6) is 0 Å². The van der Waals surface area contributed by atoms with Crippen molar-refractivity contribution < 1.29 is 23.1 Å². The second kappa shape index (κ2) is 10.4. The van der Waals surface area contributed by atoms with Crippen molar-refractivity contribution in [2.75, 3.05) is 11.6 Å². The number of hydrogen-bond donors (Lipinski definition) is 4. The van der Waals surface area contributed by atoms with E-state index in [1.54, 1.807) is 12.1 Å². The standard InChI is InChI=1S/C23H32N4O5S/c1-4-18(24-23(29)30)11-15-6-7-16(10-15)19-13-21(27-26-19)25-22(28)12-17-9-14(2)5-8-20(17)33(3,31)32/h5,8-9,13,15-16,18,24H,4,6-7,10-12H2,1-3H3,(H,29,30)(H2,25,26,27,28). The maximum Gasteiger partial charge on any atom is 0.404 e. The first kappa shape index (κ1) is 24.8. The van der Waals surface area contributed by atoms with Gasteiger partial charge in [0.15, 0.2) is 15.7 Å². The summed E-state index contributed by atoms with van der Waals surface area (Å²) >= 11 is 0. The van der Waals surface area contributed by atoms with Crippen molar-refractivity contribution in [1.82, 2.24) is 15.5 Å². The maximum absolute atomic E-state index is 12.6. The van der Waals surface area contributed by atoms with Gasteiger partial charge in [0.05, 0.1) is 11.3 Å². The van der Waals surface area contributed by atoms with Crippen molar-refractivity contribution >= 4 is 27.7 Å². The number of carbonyl (C=O) groups excluding carboxylic acids is 1. The number of nitrogens with one attached hydrogen (secondary N) is 3. The zero-order chi connectivity index (χ0) is 24.2. The van der Waals surface area contributed by atoms with Gasteiger partial charge in [-0.15, -0.1) is 0 Å². The van der Waals surface area contributed by atoms with E-state index in [0.29, 0.717) is 17.3 Å². The summed E-state index contributed by atoms with van der Waals surface area (Å²) in [5.41, 5.74) is 2.29. The van der Waals surface area contributed by atoms with Gasteiger partial charge >= 0.3 is 6.09 Å². The van der Waals surface area contributed by atoms with Gasteiger partial charge < -0.3 is 15.7 Å². The van der Waals surface area contributed by atoms with E-state index < -0.39 is 15.9 Å². The molecule has 0 spiro atoms. The highest BCUT2D eigenvalue weighted by Gasteiger charge is 2.29. The fourth-order valence-corrected chi connectivity index (χ4v) is 5.58. The average Bonchev–Trinajstić information content (AvgIpc) is 3.35. The molecule has 0 radical (unpaired) electrons. The number of amides is 2. The Morgan fingerprint density at radius 1 is 1.27 bits per heavy atom. The van der Waals surface area contributed by atoms with Crippen molar-refractivity contribution in [3.05, 3.63) is 41.1 Å². The molecule has 9 nitrogen and oxygen atoms in total. The van der Waals surface area contributed by atoms with Gasteiger partial charge in [0, 0.05) is 30.0 Å². The number of benzene rings is 1. The molecule has 4 N–H and O–H groups in total. The molecule has 2 aromatic rings. The summed E-state index contributed by atoms with van der Waals surface area (Å²) < 4.78 is 24.1. The van der Waals surface area contributed by atoms with E-state index in [1.165, 1.54) is 6.07 Å². The first-order valence-electron chi connectivity index (χ1n) is 11.2. The highest BCUT2D eigenvalue weighted by Crippen LogP contribution is 2.40. The zero-order valence-electron chi connectivity index (χ0n) is 19.2. The second-order valence-electron chi connectivity index (χ2n) is 8.98. The van der Waals surface area contributed by atoms with Crippen LogP contribution in [0.4, 0.5) is 10.6 Å². The molecule has 3 atom stereocenters. The fourth-order valence-electron chi connectivity index (χ4n) is 4.65. The lowest BCUT2D eigenvalue weighted by Crippen LogP contribution is -2.34. The molecule has 180 valence electrons. The number of H-pyrrole nitrogens is 1. The number of nitrogens with zero attached hydrogens (tertiary/aromatic N) is 1.